The Morgan fingerprint density at radius 1 is 0.769 bits per heavy atom. The van der Waals surface area contributed by atoms with Gasteiger partial charge in [0.25, 0.3) is 0 Å². The fourth-order valence-electron chi connectivity index (χ4n) is 3.89. The van der Waals surface area contributed by atoms with Gasteiger partial charge in [0.1, 0.15) is 0 Å². The first-order chi connectivity index (χ1) is 12.9. The van der Waals surface area contributed by atoms with Crippen molar-refractivity contribution >= 4 is 0 Å². The van der Waals surface area contributed by atoms with Gasteiger partial charge in [-0.25, -0.2) is 0 Å². The van der Waals surface area contributed by atoms with Gasteiger partial charge in [-0.2, -0.15) is 0 Å². The van der Waals surface area contributed by atoms with Gasteiger partial charge in [0, 0.05) is 58.2 Å². The van der Waals surface area contributed by atoms with E-state index in [1.807, 2.05) is 0 Å². The molecule has 1 fully saturated rings. The molecule has 4 heteroatoms. The fraction of sp³-hybridized carbons (Fsp3) is 0.364. The Kier molecular flexibility index (Phi) is 5.53. The maximum Gasteiger partial charge on any atom is 0.0996 e. The number of piperazine rings is 1. The van der Waals surface area contributed by atoms with Crippen LogP contribution in [0, 0.1) is 0 Å². The highest BCUT2D eigenvalue weighted by atomic mass is 15.4. The van der Waals surface area contributed by atoms with Crippen molar-refractivity contribution in [2.24, 2.45) is 0 Å². The molecule has 2 aliphatic heterocycles. The van der Waals surface area contributed by atoms with Crippen LogP contribution in [0.5, 0.6) is 0 Å². The van der Waals surface area contributed by atoms with Crippen molar-refractivity contribution in [2.45, 2.75) is 19.3 Å². The van der Waals surface area contributed by atoms with E-state index in [1.165, 1.54) is 11.1 Å². The standard InChI is InChI=1S/C22H28N4/c1-3-7-20(8-4-1)18-24-13-15-25(16-14-24)22-17-23-11-12-26(22)19-21-9-5-2-6-10-21/h1-12,22-23H,13-19H2. The summed E-state index contributed by atoms with van der Waals surface area (Å²) in [5, 5.41) is 3.42. The van der Waals surface area contributed by atoms with E-state index in [4.69, 9.17) is 0 Å². The molecule has 0 aliphatic carbocycles. The van der Waals surface area contributed by atoms with Crippen molar-refractivity contribution in [3.63, 3.8) is 0 Å². The molecule has 2 heterocycles. The third kappa shape index (κ3) is 4.26. The Bertz CT molecular complexity index is 693. The zero-order chi connectivity index (χ0) is 17.6. The Balaban J connectivity index is 1.34. The van der Waals surface area contributed by atoms with Crippen molar-refractivity contribution in [2.75, 3.05) is 32.7 Å². The van der Waals surface area contributed by atoms with Crippen LogP contribution in [-0.2, 0) is 13.1 Å². The largest absolute Gasteiger partial charge is 0.386 e. The molecule has 2 aromatic carbocycles. The lowest BCUT2D eigenvalue weighted by molar-refractivity contribution is 0.0216. The molecule has 2 aromatic rings. The molecule has 0 aromatic heterocycles. The molecule has 0 bridgehead atoms. The molecule has 2 aliphatic rings. The van der Waals surface area contributed by atoms with Crippen LogP contribution < -0.4 is 5.32 Å². The van der Waals surface area contributed by atoms with E-state index < -0.39 is 0 Å². The van der Waals surface area contributed by atoms with Crippen molar-refractivity contribution < 1.29 is 0 Å². The van der Waals surface area contributed by atoms with E-state index in [0.717, 1.165) is 45.8 Å². The average Bonchev–Trinajstić information content (AvgIpc) is 2.71. The third-order valence-corrected chi connectivity index (χ3v) is 5.35. The summed E-state index contributed by atoms with van der Waals surface area (Å²) < 4.78 is 0. The first-order valence-corrected chi connectivity index (χ1v) is 9.58. The fourth-order valence-corrected chi connectivity index (χ4v) is 3.89. The highest BCUT2D eigenvalue weighted by molar-refractivity contribution is 5.16. The maximum absolute atomic E-state index is 3.42. The van der Waals surface area contributed by atoms with Gasteiger partial charge in [-0.1, -0.05) is 60.7 Å². The minimum Gasteiger partial charge on any atom is -0.386 e. The van der Waals surface area contributed by atoms with Gasteiger partial charge >= 0.3 is 0 Å². The maximum atomic E-state index is 3.42. The molecule has 0 spiro atoms. The van der Waals surface area contributed by atoms with Gasteiger partial charge in [0.05, 0.1) is 6.17 Å². The van der Waals surface area contributed by atoms with Crippen LogP contribution in [0.4, 0.5) is 0 Å². The number of rotatable bonds is 5. The summed E-state index contributed by atoms with van der Waals surface area (Å²) in [4.78, 5) is 7.67. The summed E-state index contributed by atoms with van der Waals surface area (Å²) in [6.07, 6.45) is 4.71. The summed E-state index contributed by atoms with van der Waals surface area (Å²) in [6, 6.07) is 21.6. The highest BCUT2D eigenvalue weighted by Crippen LogP contribution is 2.17. The van der Waals surface area contributed by atoms with E-state index in [2.05, 4.69) is 93.1 Å². The van der Waals surface area contributed by atoms with Crippen molar-refractivity contribution in [3.8, 4) is 0 Å². The molecule has 0 amide bonds. The lowest BCUT2D eigenvalue weighted by Gasteiger charge is -2.45. The van der Waals surface area contributed by atoms with Crippen LogP contribution in [0.2, 0.25) is 0 Å². The molecule has 1 N–H and O–H groups in total. The van der Waals surface area contributed by atoms with Crippen molar-refractivity contribution in [1.29, 1.82) is 0 Å². The summed E-state index contributed by atoms with van der Waals surface area (Å²) in [5.74, 6) is 0. The highest BCUT2D eigenvalue weighted by Gasteiger charge is 2.28. The lowest BCUT2D eigenvalue weighted by Crippen LogP contribution is -2.58. The van der Waals surface area contributed by atoms with E-state index >= 15 is 0 Å². The van der Waals surface area contributed by atoms with Crippen molar-refractivity contribution in [3.05, 3.63) is 84.2 Å². The van der Waals surface area contributed by atoms with Crippen molar-refractivity contribution in [1.82, 2.24) is 20.0 Å². The minimum atomic E-state index is 0.430. The van der Waals surface area contributed by atoms with Crippen LogP contribution in [-0.4, -0.2) is 53.6 Å². The predicted octanol–water partition coefficient (Wildman–Crippen LogP) is 2.71. The topological polar surface area (TPSA) is 21.8 Å². The monoisotopic (exact) mass is 348 g/mol. The van der Waals surface area contributed by atoms with Gasteiger partial charge in [-0.3, -0.25) is 9.80 Å². The predicted molar refractivity (Wildman–Crippen MR) is 106 cm³/mol. The van der Waals surface area contributed by atoms with Crippen LogP contribution in [0.25, 0.3) is 0 Å². The molecule has 136 valence electrons. The van der Waals surface area contributed by atoms with Crippen LogP contribution >= 0.6 is 0 Å². The molecule has 0 saturated carbocycles. The summed E-state index contributed by atoms with van der Waals surface area (Å²) in [5.41, 5.74) is 2.78. The van der Waals surface area contributed by atoms with E-state index in [1.54, 1.807) is 0 Å². The number of nitrogens with zero attached hydrogens (tertiary/aromatic N) is 3. The first-order valence-electron chi connectivity index (χ1n) is 9.58. The number of benzene rings is 2. The second kappa shape index (κ2) is 8.39. The van der Waals surface area contributed by atoms with Crippen LogP contribution in [0.15, 0.2) is 73.1 Å². The molecular formula is C22H28N4. The third-order valence-electron chi connectivity index (χ3n) is 5.35. The molecule has 4 rings (SSSR count). The quantitative estimate of drug-likeness (QED) is 0.897. The second-order valence-electron chi connectivity index (χ2n) is 7.16. The second-order valence-corrected chi connectivity index (χ2v) is 7.16. The normalized spacial score (nSPS) is 21.5. The Hall–Kier alpha value is -2.30. The van der Waals surface area contributed by atoms with Gasteiger partial charge < -0.3 is 10.2 Å². The molecule has 26 heavy (non-hydrogen) atoms. The number of nitrogens with one attached hydrogen (secondary N) is 1. The molecule has 4 nitrogen and oxygen atoms in total. The Labute approximate surface area is 156 Å². The molecule has 1 saturated heterocycles. The van der Waals surface area contributed by atoms with E-state index in [-0.39, 0.29) is 0 Å². The van der Waals surface area contributed by atoms with Crippen LogP contribution in [0.1, 0.15) is 11.1 Å². The smallest absolute Gasteiger partial charge is 0.0996 e. The zero-order valence-corrected chi connectivity index (χ0v) is 15.3. The molecule has 0 radical (unpaired) electrons. The first kappa shape index (κ1) is 17.1. The van der Waals surface area contributed by atoms with Gasteiger partial charge in [-0.15, -0.1) is 0 Å². The molecular weight excluding hydrogens is 320 g/mol. The van der Waals surface area contributed by atoms with Crippen LogP contribution in [0.3, 0.4) is 0 Å². The minimum absolute atomic E-state index is 0.430. The summed E-state index contributed by atoms with van der Waals surface area (Å²) in [6.45, 7) is 7.53. The lowest BCUT2D eigenvalue weighted by atomic mass is 10.1. The molecule has 1 atom stereocenters. The van der Waals surface area contributed by atoms with Gasteiger partial charge in [-0.05, 0) is 11.1 Å². The summed E-state index contributed by atoms with van der Waals surface area (Å²) >= 11 is 0. The Morgan fingerprint density at radius 2 is 1.38 bits per heavy atom. The van der Waals surface area contributed by atoms with Gasteiger partial charge in [0.15, 0.2) is 0 Å². The Morgan fingerprint density at radius 3 is 2.04 bits per heavy atom. The molecule has 1 unspecified atom stereocenters. The number of hydrogen-bond donors (Lipinski definition) is 1. The average molecular weight is 348 g/mol. The van der Waals surface area contributed by atoms with Gasteiger partial charge in [0.2, 0.25) is 0 Å². The number of hydrogen-bond acceptors (Lipinski definition) is 4. The van der Waals surface area contributed by atoms with E-state index in [0.29, 0.717) is 6.17 Å². The SMILES string of the molecule is C1=CN(Cc2ccccc2)C(N2CCN(Cc3ccccc3)CC2)CN1. The van der Waals surface area contributed by atoms with E-state index in [9.17, 15) is 0 Å². The zero-order valence-electron chi connectivity index (χ0n) is 15.3. The summed E-state index contributed by atoms with van der Waals surface area (Å²) in [7, 11) is 0.